The van der Waals surface area contributed by atoms with E-state index in [-0.39, 0.29) is 11.3 Å². The molecule has 0 saturated carbocycles. The molecule has 0 fully saturated rings. The van der Waals surface area contributed by atoms with Crippen LogP contribution in [0.15, 0.2) is 18.2 Å². The predicted octanol–water partition coefficient (Wildman–Crippen LogP) is 0.636. The van der Waals surface area contributed by atoms with E-state index in [1.807, 2.05) is 4.72 Å². The molecule has 0 unspecified atom stereocenters. The SMILES string of the molecule is N#Cc1c(F)cccc1N[SH](=O)=O. The average molecular weight is 200 g/mol. The summed E-state index contributed by atoms with van der Waals surface area (Å²) in [5, 5.41) is 8.49. The third-order valence-corrected chi connectivity index (χ3v) is 1.76. The summed E-state index contributed by atoms with van der Waals surface area (Å²) >= 11 is 0. The lowest BCUT2D eigenvalue weighted by atomic mass is 10.2. The third kappa shape index (κ3) is 2.16. The largest absolute Gasteiger partial charge is 0.284 e. The van der Waals surface area contributed by atoms with Crippen molar-refractivity contribution in [2.45, 2.75) is 0 Å². The van der Waals surface area contributed by atoms with Gasteiger partial charge in [0.25, 0.3) is 0 Å². The second-order valence-electron chi connectivity index (χ2n) is 2.14. The fraction of sp³-hybridized carbons (Fsp3) is 0. The van der Waals surface area contributed by atoms with Gasteiger partial charge in [-0.2, -0.15) is 5.26 Å². The Bertz CT molecular complexity index is 429. The number of nitriles is 1. The normalized spacial score (nSPS) is 9.62. The second-order valence-corrected chi connectivity index (χ2v) is 2.88. The molecule has 0 aliphatic rings. The minimum atomic E-state index is -2.88. The number of anilines is 1. The molecular formula is C7H5FN2O2S. The number of hydrogen-bond acceptors (Lipinski definition) is 3. The first-order chi connectivity index (χ1) is 6.15. The first kappa shape index (κ1) is 9.48. The molecular weight excluding hydrogens is 195 g/mol. The molecule has 1 aromatic rings. The molecule has 0 bridgehead atoms. The van der Waals surface area contributed by atoms with E-state index < -0.39 is 16.7 Å². The second kappa shape index (κ2) is 3.87. The van der Waals surface area contributed by atoms with Crippen molar-refractivity contribution in [3.8, 4) is 6.07 Å². The summed E-state index contributed by atoms with van der Waals surface area (Å²) in [5.41, 5.74) is -0.347. The first-order valence-electron chi connectivity index (χ1n) is 3.25. The van der Waals surface area contributed by atoms with Crippen LogP contribution in [-0.2, 0) is 10.9 Å². The minimum Gasteiger partial charge on any atom is -0.284 e. The standard InChI is InChI=1S/C7H5FN2O2S/c8-6-2-1-3-7(5(6)4-9)10-13(11)12/h1-3,13H,(H,10,11,12). The fourth-order valence-corrected chi connectivity index (χ4v) is 1.21. The fourth-order valence-electron chi connectivity index (χ4n) is 0.829. The van der Waals surface area contributed by atoms with Gasteiger partial charge in [0, 0.05) is 0 Å². The number of hydrogen-bond donors (Lipinski definition) is 2. The molecule has 4 nitrogen and oxygen atoms in total. The molecule has 0 aromatic heterocycles. The smallest absolute Gasteiger partial charge is 0.222 e. The number of nitrogens with one attached hydrogen (secondary N) is 1. The zero-order chi connectivity index (χ0) is 9.84. The van der Waals surface area contributed by atoms with E-state index >= 15 is 0 Å². The molecule has 1 rings (SSSR count). The molecule has 0 aliphatic heterocycles. The Morgan fingerprint density at radius 3 is 2.69 bits per heavy atom. The van der Waals surface area contributed by atoms with Gasteiger partial charge in [-0.05, 0) is 12.1 Å². The Morgan fingerprint density at radius 2 is 2.15 bits per heavy atom. The summed E-state index contributed by atoms with van der Waals surface area (Å²) < 4.78 is 35.3. The Kier molecular flexibility index (Phi) is 2.82. The molecule has 6 heteroatoms. The van der Waals surface area contributed by atoms with Gasteiger partial charge in [-0.15, -0.1) is 0 Å². The number of rotatable bonds is 2. The highest BCUT2D eigenvalue weighted by atomic mass is 32.2. The molecule has 1 aromatic carbocycles. The van der Waals surface area contributed by atoms with Crippen molar-refractivity contribution < 1.29 is 12.8 Å². The van der Waals surface area contributed by atoms with Crippen LogP contribution in [-0.4, -0.2) is 8.42 Å². The predicted molar refractivity (Wildman–Crippen MR) is 45.1 cm³/mol. The van der Waals surface area contributed by atoms with Gasteiger partial charge in [0.1, 0.15) is 17.4 Å². The molecule has 0 saturated heterocycles. The summed E-state index contributed by atoms with van der Waals surface area (Å²) in [5.74, 6) is -0.746. The topological polar surface area (TPSA) is 70.0 Å². The Hall–Kier alpha value is -1.61. The van der Waals surface area contributed by atoms with E-state index in [1.165, 1.54) is 12.1 Å². The molecule has 0 amide bonds. The van der Waals surface area contributed by atoms with E-state index in [9.17, 15) is 12.8 Å². The van der Waals surface area contributed by atoms with Gasteiger partial charge in [-0.3, -0.25) is 4.72 Å². The molecule has 0 aliphatic carbocycles. The van der Waals surface area contributed by atoms with Crippen LogP contribution in [0.3, 0.4) is 0 Å². The highest BCUT2D eigenvalue weighted by molar-refractivity contribution is 7.73. The third-order valence-electron chi connectivity index (χ3n) is 1.34. The Balaban J connectivity index is 3.22. The van der Waals surface area contributed by atoms with Crippen LogP contribution in [0, 0.1) is 17.1 Å². The molecule has 13 heavy (non-hydrogen) atoms. The molecule has 0 radical (unpaired) electrons. The molecule has 1 N–H and O–H groups in total. The monoisotopic (exact) mass is 200 g/mol. The van der Waals surface area contributed by atoms with Gasteiger partial charge in [0.2, 0.25) is 10.9 Å². The van der Waals surface area contributed by atoms with Gasteiger partial charge in [-0.1, -0.05) is 6.07 Å². The highest BCUT2D eigenvalue weighted by Crippen LogP contribution is 2.17. The lowest BCUT2D eigenvalue weighted by molar-refractivity contribution is 0.618. The minimum absolute atomic E-state index is 0.0430. The summed E-state index contributed by atoms with van der Waals surface area (Å²) in [7, 11) is -2.88. The van der Waals surface area contributed by atoms with Crippen LogP contribution in [0.25, 0.3) is 0 Å². The maximum absolute atomic E-state index is 12.8. The van der Waals surface area contributed by atoms with E-state index in [0.29, 0.717) is 0 Å². The van der Waals surface area contributed by atoms with E-state index in [0.717, 1.165) is 6.07 Å². The lowest BCUT2D eigenvalue weighted by Crippen LogP contribution is -1.99. The maximum Gasteiger partial charge on any atom is 0.222 e. The van der Waals surface area contributed by atoms with Gasteiger partial charge >= 0.3 is 0 Å². The summed E-state index contributed by atoms with van der Waals surface area (Å²) in [4.78, 5) is 0. The van der Waals surface area contributed by atoms with Gasteiger partial charge in [0.05, 0.1) is 5.69 Å². The molecule has 68 valence electrons. The maximum atomic E-state index is 12.8. The first-order valence-corrected chi connectivity index (χ1v) is 4.42. The zero-order valence-electron chi connectivity index (χ0n) is 6.32. The van der Waals surface area contributed by atoms with Crippen LogP contribution in [0.1, 0.15) is 5.56 Å². The van der Waals surface area contributed by atoms with Gasteiger partial charge in [0.15, 0.2) is 0 Å². The van der Waals surface area contributed by atoms with E-state index in [4.69, 9.17) is 5.26 Å². The van der Waals surface area contributed by atoms with Crippen molar-refractivity contribution in [2.75, 3.05) is 4.72 Å². The molecule has 0 spiro atoms. The van der Waals surface area contributed by atoms with E-state index in [2.05, 4.69) is 0 Å². The van der Waals surface area contributed by atoms with Crippen LogP contribution in [0.5, 0.6) is 0 Å². The lowest BCUT2D eigenvalue weighted by Gasteiger charge is -2.01. The Labute approximate surface area is 75.7 Å². The number of halogens is 1. The van der Waals surface area contributed by atoms with Gasteiger partial charge in [-0.25, -0.2) is 12.8 Å². The highest BCUT2D eigenvalue weighted by Gasteiger charge is 2.06. The molecule has 0 atom stereocenters. The number of thiol groups is 1. The van der Waals surface area contributed by atoms with Gasteiger partial charge < -0.3 is 0 Å². The zero-order valence-corrected chi connectivity index (χ0v) is 7.22. The van der Waals surface area contributed by atoms with Crippen molar-refractivity contribution in [3.63, 3.8) is 0 Å². The average Bonchev–Trinajstić information content (AvgIpc) is 2.03. The van der Waals surface area contributed by atoms with Crippen LogP contribution < -0.4 is 4.72 Å². The van der Waals surface area contributed by atoms with Crippen LogP contribution in [0.2, 0.25) is 0 Å². The summed E-state index contributed by atoms with van der Waals surface area (Å²) in [6.07, 6.45) is 0. The quantitative estimate of drug-likeness (QED) is 0.688. The Morgan fingerprint density at radius 1 is 1.46 bits per heavy atom. The van der Waals surface area contributed by atoms with Crippen molar-refractivity contribution in [2.24, 2.45) is 0 Å². The molecule has 0 heterocycles. The number of benzene rings is 1. The number of nitrogens with zero attached hydrogens (tertiary/aromatic N) is 1. The van der Waals surface area contributed by atoms with Crippen LogP contribution in [0.4, 0.5) is 10.1 Å². The van der Waals surface area contributed by atoms with Crippen molar-refractivity contribution in [1.82, 2.24) is 0 Å². The summed E-state index contributed by atoms with van der Waals surface area (Å²) in [6, 6.07) is 5.28. The summed E-state index contributed by atoms with van der Waals surface area (Å²) in [6.45, 7) is 0. The van der Waals surface area contributed by atoms with Crippen molar-refractivity contribution in [1.29, 1.82) is 5.26 Å². The van der Waals surface area contributed by atoms with Crippen molar-refractivity contribution >= 4 is 16.6 Å². The van der Waals surface area contributed by atoms with Crippen molar-refractivity contribution in [3.05, 3.63) is 29.6 Å². The van der Waals surface area contributed by atoms with Crippen LogP contribution >= 0.6 is 0 Å². The van der Waals surface area contributed by atoms with E-state index in [1.54, 1.807) is 6.07 Å².